The maximum absolute atomic E-state index is 15.0. The standard InChI is InChI=1S/C38H41F19N2O7Si/c1-20(2)67(21(3)4,18-15-31(41,42)32(43,44)33(45,46)34(47,48)35(49,50)36(51,52)37(53,54)38(55,56)57)65-17-16-64-24-12-9-22(10-13-24)29(27(63-5)7-6-8-28(60)59-62)66-30(61)58-26-14-11-23(39)19-25(26)40/h6,8-14,19-21,27,29,62H,7,15-18H2,1-5H3,(H,58,61)(H,59,60)/b8-6+/t27-,29-/m0/s1. The molecule has 382 valence electrons. The van der Waals surface area contributed by atoms with Crippen LogP contribution in [0.5, 0.6) is 5.75 Å². The van der Waals surface area contributed by atoms with Crippen LogP contribution in [0.1, 0.15) is 52.2 Å². The van der Waals surface area contributed by atoms with Crippen molar-refractivity contribution in [1.82, 2.24) is 5.48 Å². The van der Waals surface area contributed by atoms with Crippen LogP contribution in [0.4, 0.5) is 93.9 Å². The summed E-state index contributed by atoms with van der Waals surface area (Å²) in [5.41, 5.74) is -0.885. The Hall–Kier alpha value is -4.51. The summed E-state index contributed by atoms with van der Waals surface area (Å²) < 4.78 is 286. The fourth-order valence-corrected chi connectivity index (χ4v) is 10.9. The predicted octanol–water partition coefficient (Wildman–Crippen LogP) is 12.3. The zero-order valence-corrected chi connectivity index (χ0v) is 36.1. The Morgan fingerprint density at radius 2 is 1.22 bits per heavy atom. The summed E-state index contributed by atoms with van der Waals surface area (Å²) in [4.78, 5) is 24.3. The van der Waals surface area contributed by atoms with Crippen LogP contribution in [0.3, 0.4) is 0 Å². The lowest BCUT2D eigenvalue weighted by Gasteiger charge is -2.44. The lowest BCUT2D eigenvalue weighted by molar-refractivity contribution is -0.461. The zero-order valence-electron chi connectivity index (χ0n) is 35.1. The molecule has 2 amide bonds. The van der Waals surface area contributed by atoms with Gasteiger partial charge in [0.2, 0.25) is 0 Å². The van der Waals surface area contributed by atoms with Crippen molar-refractivity contribution < 1.29 is 117 Å². The van der Waals surface area contributed by atoms with E-state index in [9.17, 15) is 93.0 Å². The van der Waals surface area contributed by atoms with Crippen LogP contribution >= 0.6 is 0 Å². The fourth-order valence-electron chi connectivity index (χ4n) is 6.39. The number of carbonyl (C=O) groups excluding carboxylic acids is 2. The molecule has 9 nitrogen and oxygen atoms in total. The second-order valence-electron chi connectivity index (χ2n) is 15.1. The quantitative estimate of drug-likeness (QED) is 0.0240. The van der Waals surface area contributed by atoms with E-state index >= 15 is 0 Å². The lowest BCUT2D eigenvalue weighted by Crippen LogP contribution is -2.74. The van der Waals surface area contributed by atoms with Gasteiger partial charge in [-0.05, 0) is 53.4 Å². The van der Waals surface area contributed by atoms with Crippen molar-refractivity contribution in [2.75, 3.05) is 25.6 Å². The molecule has 67 heavy (non-hydrogen) atoms. The van der Waals surface area contributed by atoms with E-state index in [1.54, 1.807) is 0 Å². The molecule has 2 aromatic carbocycles. The number of methoxy groups -OCH3 is 1. The summed E-state index contributed by atoms with van der Waals surface area (Å²) in [6.07, 6.45) is -12.3. The van der Waals surface area contributed by atoms with E-state index in [2.05, 4.69) is 5.32 Å². The molecule has 0 saturated carbocycles. The maximum Gasteiger partial charge on any atom is 0.460 e. The van der Waals surface area contributed by atoms with Crippen molar-refractivity contribution in [1.29, 1.82) is 0 Å². The summed E-state index contributed by atoms with van der Waals surface area (Å²) in [6.45, 7) is 3.96. The van der Waals surface area contributed by atoms with Crippen molar-refractivity contribution in [3.8, 4) is 5.75 Å². The third-order valence-corrected chi connectivity index (χ3v) is 16.0. The van der Waals surface area contributed by atoms with Crippen molar-refractivity contribution in [2.24, 2.45) is 0 Å². The number of hydrogen-bond donors (Lipinski definition) is 3. The third-order valence-electron chi connectivity index (χ3n) is 10.3. The Labute approximate surface area is 369 Å². The minimum absolute atomic E-state index is 0.0107. The van der Waals surface area contributed by atoms with Crippen LogP contribution in [0.2, 0.25) is 17.1 Å². The number of hydroxylamine groups is 1. The van der Waals surface area contributed by atoms with Crippen LogP contribution < -0.4 is 15.5 Å². The second kappa shape index (κ2) is 21.4. The first-order valence-electron chi connectivity index (χ1n) is 19.0. The van der Waals surface area contributed by atoms with Crippen LogP contribution in [0, 0.1) is 11.6 Å². The third kappa shape index (κ3) is 12.0. The molecule has 0 heterocycles. The summed E-state index contributed by atoms with van der Waals surface area (Å²) in [5.74, 6) is -60.2. The Morgan fingerprint density at radius 1 is 0.716 bits per heavy atom. The number of benzene rings is 2. The highest BCUT2D eigenvalue weighted by Gasteiger charge is 2.95. The van der Waals surface area contributed by atoms with Crippen molar-refractivity contribution >= 4 is 26.0 Å². The molecule has 0 aliphatic heterocycles. The molecule has 2 atom stereocenters. The largest absolute Gasteiger partial charge is 0.491 e. The number of rotatable bonds is 24. The highest BCUT2D eigenvalue weighted by molar-refractivity contribution is 6.76. The molecule has 0 aromatic heterocycles. The number of halogens is 19. The van der Waals surface area contributed by atoms with E-state index in [1.807, 2.05) is 0 Å². The SMILES string of the molecule is CO[C@@H](C/C=C/C(=O)NO)[C@@H](OC(=O)Nc1ccc(F)cc1F)c1ccc(OCCO[Si](CCC(F)(F)C(F)(F)C(F)(F)C(F)(F)C(F)(F)C(F)(F)C(F)(F)C(F)(F)F)(C(C)C)C(C)C)cc1. The number of nitrogens with one attached hydrogen (secondary N) is 2. The summed E-state index contributed by atoms with van der Waals surface area (Å²) in [6, 6.07) is 5.90. The fraction of sp³-hybridized carbons (Fsp3) is 0.579. The molecule has 0 aliphatic rings. The Balaban J connectivity index is 2.33. The van der Waals surface area contributed by atoms with E-state index in [0.29, 0.717) is 6.07 Å². The van der Waals surface area contributed by atoms with Gasteiger partial charge in [0.25, 0.3) is 5.91 Å². The van der Waals surface area contributed by atoms with E-state index in [-0.39, 0.29) is 17.7 Å². The molecule has 0 spiro atoms. The molecular formula is C38H41F19N2O7Si. The van der Waals surface area contributed by atoms with E-state index in [1.165, 1.54) is 70.6 Å². The molecule has 2 rings (SSSR count). The van der Waals surface area contributed by atoms with E-state index in [4.69, 9.17) is 23.8 Å². The Kier molecular flexibility index (Phi) is 18.7. The first-order chi connectivity index (χ1) is 30.4. The first-order valence-corrected chi connectivity index (χ1v) is 21.3. The normalized spacial score (nSPS) is 15.0. The van der Waals surface area contributed by atoms with Crippen LogP contribution in [-0.2, 0) is 18.7 Å². The average Bonchev–Trinajstić information content (AvgIpc) is 3.21. The van der Waals surface area contributed by atoms with Crippen molar-refractivity contribution in [3.63, 3.8) is 0 Å². The van der Waals surface area contributed by atoms with Crippen LogP contribution in [-0.4, -0.2) is 99.6 Å². The van der Waals surface area contributed by atoms with Gasteiger partial charge in [0.05, 0.1) is 12.3 Å². The van der Waals surface area contributed by atoms with E-state index < -0.39 is 134 Å². The number of alkyl halides is 17. The number of hydrogen-bond acceptors (Lipinski definition) is 7. The summed E-state index contributed by atoms with van der Waals surface area (Å²) >= 11 is 0. The van der Waals surface area contributed by atoms with Crippen LogP contribution in [0.15, 0.2) is 54.6 Å². The van der Waals surface area contributed by atoms with Crippen molar-refractivity contribution in [2.45, 2.75) is 118 Å². The van der Waals surface area contributed by atoms with E-state index in [0.717, 1.165) is 18.2 Å². The van der Waals surface area contributed by atoms with Gasteiger partial charge >= 0.3 is 53.7 Å². The van der Waals surface area contributed by atoms with Gasteiger partial charge in [0.1, 0.15) is 30.1 Å². The lowest BCUT2D eigenvalue weighted by atomic mass is 9.88. The molecule has 0 aliphatic carbocycles. The molecular weight excluding hydrogens is 985 g/mol. The second-order valence-corrected chi connectivity index (χ2v) is 20.2. The highest BCUT2D eigenvalue weighted by Crippen LogP contribution is 2.64. The topological polar surface area (TPSA) is 115 Å². The Morgan fingerprint density at radius 3 is 1.69 bits per heavy atom. The predicted molar refractivity (Wildman–Crippen MR) is 198 cm³/mol. The number of anilines is 1. The van der Waals surface area contributed by atoms with Gasteiger partial charge in [-0.1, -0.05) is 45.9 Å². The van der Waals surface area contributed by atoms with Gasteiger partial charge in [-0.2, -0.15) is 74.6 Å². The van der Waals surface area contributed by atoms with Crippen LogP contribution in [0.25, 0.3) is 0 Å². The molecule has 3 N–H and O–H groups in total. The number of ether oxygens (including phenoxy) is 3. The summed E-state index contributed by atoms with van der Waals surface area (Å²) in [5, 5.41) is 10.8. The van der Waals surface area contributed by atoms with Gasteiger partial charge in [-0.3, -0.25) is 15.3 Å². The zero-order chi connectivity index (χ0) is 52.0. The van der Waals surface area contributed by atoms with Gasteiger partial charge in [-0.15, -0.1) is 0 Å². The van der Waals surface area contributed by atoms with Gasteiger partial charge in [0.15, 0.2) is 14.4 Å². The van der Waals surface area contributed by atoms with Crippen molar-refractivity contribution in [3.05, 3.63) is 71.8 Å². The molecule has 0 saturated heterocycles. The van der Waals surface area contributed by atoms with Gasteiger partial charge < -0.3 is 18.6 Å². The smallest absolute Gasteiger partial charge is 0.460 e. The maximum atomic E-state index is 15.0. The number of carbonyl (C=O) groups is 2. The molecule has 0 radical (unpaired) electrons. The molecule has 29 heteroatoms. The molecule has 0 bridgehead atoms. The minimum atomic E-state index is -8.73. The molecule has 2 aromatic rings. The Bertz CT molecular complexity index is 1990. The monoisotopic (exact) mass is 1030 g/mol. The average molecular weight is 1030 g/mol. The molecule has 0 fully saturated rings. The van der Waals surface area contributed by atoms with Gasteiger partial charge in [-0.25, -0.2) is 19.1 Å². The minimum Gasteiger partial charge on any atom is -0.491 e. The number of amides is 2. The molecule has 0 unspecified atom stereocenters. The first kappa shape index (κ1) is 58.6. The highest BCUT2D eigenvalue weighted by atomic mass is 28.4. The summed E-state index contributed by atoms with van der Waals surface area (Å²) in [7, 11) is -2.90. The van der Waals surface area contributed by atoms with Gasteiger partial charge in [0, 0.05) is 25.7 Å².